The molecule has 1 aliphatic rings. The topological polar surface area (TPSA) is 45.2 Å². The summed E-state index contributed by atoms with van der Waals surface area (Å²) in [5, 5.41) is 3.12. The molecule has 1 N–H and O–H groups in total. The molecule has 0 radical (unpaired) electrons. The zero-order valence-electron chi connectivity index (χ0n) is 12.9. The van der Waals surface area contributed by atoms with Crippen molar-refractivity contribution in [3.63, 3.8) is 0 Å². The van der Waals surface area contributed by atoms with Crippen molar-refractivity contribution >= 4 is 11.7 Å². The minimum Gasteiger partial charge on any atom is -0.369 e. The van der Waals surface area contributed by atoms with Crippen LogP contribution >= 0.6 is 0 Å². The number of hydrogen-bond donors (Lipinski definition) is 1. The maximum absolute atomic E-state index is 13.5. The third-order valence-corrected chi connectivity index (χ3v) is 3.94. The number of aromatic nitrogens is 1. The maximum atomic E-state index is 13.5. The van der Waals surface area contributed by atoms with E-state index < -0.39 is 5.82 Å². The van der Waals surface area contributed by atoms with Gasteiger partial charge in [-0.3, -0.25) is 4.79 Å². The van der Waals surface area contributed by atoms with Crippen LogP contribution in [-0.4, -0.2) is 34.9 Å². The number of carbonyl (C=O) groups is 1. The molecule has 1 fully saturated rings. The van der Waals surface area contributed by atoms with Crippen molar-refractivity contribution in [2.24, 2.45) is 0 Å². The summed E-state index contributed by atoms with van der Waals surface area (Å²) in [5.41, 5.74) is 0.345. The van der Waals surface area contributed by atoms with E-state index in [-0.39, 0.29) is 11.9 Å². The van der Waals surface area contributed by atoms with Crippen LogP contribution in [0.1, 0.15) is 56.3 Å². The molecule has 1 aromatic heterocycles. The number of nitrogens with zero attached hydrogens (tertiary/aromatic N) is 2. The SMILES string of the molecule is CCCNc1ncc(F)cc1C(=O)N1CCCCCC1C. The van der Waals surface area contributed by atoms with Crippen LogP contribution < -0.4 is 5.32 Å². The van der Waals surface area contributed by atoms with Crippen LogP contribution in [0.2, 0.25) is 0 Å². The van der Waals surface area contributed by atoms with E-state index in [1.807, 2.05) is 11.8 Å². The summed E-state index contributed by atoms with van der Waals surface area (Å²) in [7, 11) is 0. The number of likely N-dealkylation sites (tertiary alicyclic amines) is 1. The largest absolute Gasteiger partial charge is 0.369 e. The fraction of sp³-hybridized carbons (Fsp3) is 0.625. The van der Waals surface area contributed by atoms with E-state index >= 15 is 0 Å². The zero-order valence-corrected chi connectivity index (χ0v) is 12.9. The second-order valence-electron chi connectivity index (χ2n) is 5.67. The first-order valence-corrected chi connectivity index (χ1v) is 7.84. The van der Waals surface area contributed by atoms with Crippen molar-refractivity contribution in [3.8, 4) is 0 Å². The second-order valence-corrected chi connectivity index (χ2v) is 5.67. The van der Waals surface area contributed by atoms with Crippen LogP contribution in [0.3, 0.4) is 0 Å². The number of nitrogens with one attached hydrogen (secondary N) is 1. The summed E-state index contributed by atoms with van der Waals surface area (Å²) in [6, 6.07) is 1.49. The van der Waals surface area contributed by atoms with Crippen LogP contribution in [0.25, 0.3) is 0 Å². The molecule has 0 aromatic carbocycles. The Kier molecular flexibility index (Phi) is 5.53. The number of amides is 1. The molecule has 0 aliphatic carbocycles. The molecule has 4 nitrogen and oxygen atoms in total. The van der Waals surface area contributed by atoms with Gasteiger partial charge in [-0.15, -0.1) is 0 Å². The Morgan fingerprint density at radius 1 is 1.48 bits per heavy atom. The summed E-state index contributed by atoms with van der Waals surface area (Å²) >= 11 is 0. The summed E-state index contributed by atoms with van der Waals surface area (Å²) in [6.45, 7) is 5.56. The van der Waals surface area contributed by atoms with Crippen LogP contribution in [0.5, 0.6) is 0 Å². The minimum absolute atomic E-state index is 0.116. The molecular formula is C16H24FN3O. The number of halogens is 1. The highest BCUT2D eigenvalue weighted by Crippen LogP contribution is 2.22. The van der Waals surface area contributed by atoms with Crippen molar-refractivity contribution in [1.29, 1.82) is 0 Å². The van der Waals surface area contributed by atoms with Crippen LogP contribution in [0.4, 0.5) is 10.2 Å². The molecule has 1 saturated heterocycles. The van der Waals surface area contributed by atoms with Crippen molar-refractivity contribution in [2.45, 2.75) is 52.0 Å². The third kappa shape index (κ3) is 3.93. The van der Waals surface area contributed by atoms with Gasteiger partial charge in [-0.1, -0.05) is 19.8 Å². The lowest BCUT2D eigenvalue weighted by Gasteiger charge is -2.28. The van der Waals surface area contributed by atoms with E-state index in [9.17, 15) is 9.18 Å². The molecule has 1 unspecified atom stereocenters. The van der Waals surface area contributed by atoms with Crippen LogP contribution in [-0.2, 0) is 0 Å². The van der Waals surface area contributed by atoms with E-state index in [4.69, 9.17) is 0 Å². The van der Waals surface area contributed by atoms with E-state index in [2.05, 4.69) is 17.2 Å². The van der Waals surface area contributed by atoms with Gasteiger partial charge in [0.05, 0.1) is 11.8 Å². The molecule has 0 saturated carbocycles. The fourth-order valence-corrected chi connectivity index (χ4v) is 2.72. The van der Waals surface area contributed by atoms with Gasteiger partial charge < -0.3 is 10.2 Å². The van der Waals surface area contributed by atoms with Gasteiger partial charge in [-0.05, 0) is 32.3 Å². The van der Waals surface area contributed by atoms with Gasteiger partial charge in [-0.2, -0.15) is 0 Å². The predicted molar refractivity (Wildman–Crippen MR) is 81.9 cm³/mol. The summed E-state index contributed by atoms with van der Waals surface area (Å²) in [6.07, 6.45) is 6.39. The van der Waals surface area contributed by atoms with Gasteiger partial charge in [0.25, 0.3) is 5.91 Å². The average Bonchev–Trinajstić information content (AvgIpc) is 2.70. The fourth-order valence-electron chi connectivity index (χ4n) is 2.72. The molecule has 1 atom stereocenters. The van der Waals surface area contributed by atoms with E-state index in [0.29, 0.717) is 17.9 Å². The zero-order chi connectivity index (χ0) is 15.2. The highest BCUT2D eigenvalue weighted by molar-refractivity contribution is 5.99. The van der Waals surface area contributed by atoms with Gasteiger partial charge in [0, 0.05) is 19.1 Å². The molecule has 1 aliphatic heterocycles. The molecule has 0 spiro atoms. The highest BCUT2D eigenvalue weighted by Gasteiger charge is 2.25. The van der Waals surface area contributed by atoms with Gasteiger partial charge in [-0.25, -0.2) is 9.37 Å². The van der Waals surface area contributed by atoms with E-state index in [1.165, 1.54) is 6.07 Å². The van der Waals surface area contributed by atoms with Gasteiger partial charge in [0.15, 0.2) is 0 Å². The molecular weight excluding hydrogens is 269 g/mol. The second kappa shape index (κ2) is 7.38. The van der Waals surface area contributed by atoms with Gasteiger partial charge >= 0.3 is 0 Å². The first-order valence-electron chi connectivity index (χ1n) is 7.84. The molecule has 2 heterocycles. The number of carbonyl (C=O) groups excluding carboxylic acids is 1. The Balaban J connectivity index is 2.25. The lowest BCUT2D eigenvalue weighted by atomic mass is 10.1. The first-order chi connectivity index (χ1) is 10.1. The Labute approximate surface area is 125 Å². The van der Waals surface area contributed by atoms with Crippen LogP contribution in [0, 0.1) is 5.82 Å². The third-order valence-electron chi connectivity index (χ3n) is 3.94. The number of anilines is 1. The molecule has 1 amide bonds. The quantitative estimate of drug-likeness (QED) is 0.925. The molecule has 5 heteroatoms. The molecule has 0 bridgehead atoms. The van der Waals surface area contributed by atoms with Crippen molar-refractivity contribution in [2.75, 3.05) is 18.4 Å². The lowest BCUT2D eigenvalue weighted by Crippen LogP contribution is -2.38. The smallest absolute Gasteiger partial charge is 0.257 e. The Bertz CT molecular complexity index is 492. The van der Waals surface area contributed by atoms with E-state index in [1.54, 1.807) is 0 Å². The number of hydrogen-bond acceptors (Lipinski definition) is 3. The minimum atomic E-state index is -0.470. The lowest BCUT2D eigenvalue weighted by molar-refractivity contribution is 0.0698. The Morgan fingerprint density at radius 2 is 2.29 bits per heavy atom. The Morgan fingerprint density at radius 3 is 3.05 bits per heavy atom. The van der Waals surface area contributed by atoms with Crippen molar-refractivity contribution < 1.29 is 9.18 Å². The number of rotatable bonds is 4. The summed E-state index contributed by atoms with van der Waals surface area (Å²) < 4.78 is 13.5. The Hall–Kier alpha value is -1.65. The maximum Gasteiger partial charge on any atom is 0.257 e. The highest BCUT2D eigenvalue weighted by atomic mass is 19.1. The van der Waals surface area contributed by atoms with Crippen LogP contribution in [0.15, 0.2) is 12.3 Å². The molecule has 1 aromatic rings. The molecule has 2 rings (SSSR count). The summed E-state index contributed by atoms with van der Waals surface area (Å²) in [4.78, 5) is 18.7. The standard InChI is InChI=1S/C16H24FN3O/c1-3-8-18-15-14(10-13(17)11-19-15)16(21)20-9-6-4-5-7-12(20)2/h10-12H,3-9H2,1-2H3,(H,18,19). The summed E-state index contributed by atoms with van der Waals surface area (Å²) in [5.74, 6) is -0.0995. The van der Waals surface area contributed by atoms with E-state index in [0.717, 1.165) is 44.8 Å². The van der Waals surface area contributed by atoms with Crippen molar-refractivity contribution in [1.82, 2.24) is 9.88 Å². The molecule has 116 valence electrons. The first kappa shape index (κ1) is 15.7. The number of pyridine rings is 1. The predicted octanol–water partition coefficient (Wildman–Crippen LogP) is 3.45. The monoisotopic (exact) mass is 293 g/mol. The van der Waals surface area contributed by atoms with Crippen molar-refractivity contribution in [3.05, 3.63) is 23.6 Å². The normalized spacial score (nSPS) is 19.2. The van der Waals surface area contributed by atoms with Gasteiger partial charge in [0.2, 0.25) is 0 Å². The average molecular weight is 293 g/mol. The molecule has 21 heavy (non-hydrogen) atoms. The van der Waals surface area contributed by atoms with Gasteiger partial charge in [0.1, 0.15) is 11.6 Å².